The van der Waals surface area contributed by atoms with Crippen molar-refractivity contribution in [3.63, 3.8) is 0 Å². The monoisotopic (exact) mass is 355 g/mol. The molecule has 3 aromatic rings. The molecule has 1 heterocycles. The number of aromatic nitrogens is 1. The van der Waals surface area contributed by atoms with E-state index in [0.717, 1.165) is 16.4 Å². The van der Waals surface area contributed by atoms with Crippen molar-refractivity contribution < 1.29 is 4.79 Å². The van der Waals surface area contributed by atoms with Crippen LogP contribution in [0.3, 0.4) is 0 Å². The van der Waals surface area contributed by atoms with Crippen LogP contribution in [-0.4, -0.2) is 10.9 Å². The average molecular weight is 356 g/mol. The summed E-state index contributed by atoms with van der Waals surface area (Å²) in [6, 6.07) is 20.0. The van der Waals surface area contributed by atoms with Gasteiger partial charge in [-0.25, -0.2) is 4.98 Å². The standard InChI is InChI=1S/C18H14ClN3OS/c19-14-6-4-13(5-7-14)18(23)21-15-8-10-16(11-9-15)24-22-17-3-1-2-12-20-17/h1-12H,(H,20,22)(H,21,23). The quantitative estimate of drug-likeness (QED) is 0.625. The molecule has 0 aliphatic rings. The number of halogens is 1. The van der Waals surface area contributed by atoms with Crippen LogP contribution in [-0.2, 0) is 0 Å². The van der Waals surface area contributed by atoms with E-state index in [0.29, 0.717) is 10.6 Å². The first-order valence-electron chi connectivity index (χ1n) is 7.21. The molecule has 0 saturated carbocycles. The molecule has 120 valence electrons. The Kier molecular flexibility index (Phi) is 5.36. The Morgan fingerprint density at radius 1 is 0.958 bits per heavy atom. The summed E-state index contributed by atoms with van der Waals surface area (Å²) in [5, 5.41) is 3.46. The minimum Gasteiger partial charge on any atom is -0.322 e. The third-order valence-corrected chi connectivity index (χ3v) is 4.23. The lowest BCUT2D eigenvalue weighted by Gasteiger charge is -2.07. The lowest BCUT2D eigenvalue weighted by molar-refractivity contribution is 0.102. The fourth-order valence-corrected chi connectivity index (χ4v) is 2.69. The molecule has 0 radical (unpaired) electrons. The predicted molar refractivity (Wildman–Crippen MR) is 99.6 cm³/mol. The van der Waals surface area contributed by atoms with Crippen LogP contribution in [0.4, 0.5) is 11.5 Å². The molecule has 0 aliphatic heterocycles. The zero-order valence-electron chi connectivity index (χ0n) is 12.6. The molecule has 0 bridgehead atoms. The second kappa shape index (κ2) is 7.86. The van der Waals surface area contributed by atoms with Crippen LogP contribution < -0.4 is 10.0 Å². The minimum absolute atomic E-state index is 0.168. The van der Waals surface area contributed by atoms with Crippen LogP contribution >= 0.6 is 23.5 Å². The van der Waals surface area contributed by atoms with E-state index < -0.39 is 0 Å². The van der Waals surface area contributed by atoms with Crippen molar-refractivity contribution in [2.24, 2.45) is 0 Å². The summed E-state index contributed by atoms with van der Waals surface area (Å²) in [5.41, 5.74) is 1.30. The first-order valence-corrected chi connectivity index (χ1v) is 8.41. The fraction of sp³-hybridized carbons (Fsp3) is 0. The SMILES string of the molecule is O=C(Nc1ccc(SNc2ccccn2)cc1)c1ccc(Cl)cc1. The molecule has 0 aliphatic carbocycles. The molecular formula is C18H14ClN3OS. The fourth-order valence-electron chi connectivity index (χ4n) is 1.95. The third kappa shape index (κ3) is 4.50. The highest BCUT2D eigenvalue weighted by Crippen LogP contribution is 2.22. The van der Waals surface area contributed by atoms with Gasteiger partial charge in [0.2, 0.25) is 0 Å². The second-order valence-corrected chi connectivity index (χ2v) is 6.22. The van der Waals surface area contributed by atoms with Gasteiger partial charge in [0.25, 0.3) is 5.91 Å². The van der Waals surface area contributed by atoms with Gasteiger partial charge in [-0.3, -0.25) is 4.79 Å². The number of anilines is 2. The summed E-state index contributed by atoms with van der Waals surface area (Å²) in [6.45, 7) is 0. The molecule has 3 rings (SSSR count). The molecule has 1 amide bonds. The summed E-state index contributed by atoms with van der Waals surface area (Å²) in [5.74, 6) is 0.626. The van der Waals surface area contributed by atoms with Gasteiger partial charge in [0, 0.05) is 27.4 Å². The molecule has 2 aromatic carbocycles. The lowest BCUT2D eigenvalue weighted by Crippen LogP contribution is -2.11. The van der Waals surface area contributed by atoms with Crippen LogP contribution in [0.2, 0.25) is 5.02 Å². The molecule has 0 unspecified atom stereocenters. The number of hydrogen-bond donors (Lipinski definition) is 2. The summed E-state index contributed by atoms with van der Waals surface area (Å²) < 4.78 is 3.16. The predicted octanol–water partition coefficient (Wildman–Crippen LogP) is 5.11. The summed E-state index contributed by atoms with van der Waals surface area (Å²) >= 11 is 7.28. The van der Waals surface area contributed by atoms with Crippen molar-refractivity contribution in [1.82, 2.24) is 4.98 Å². The van der Waals surface area contributed by atoms with Crippen LogP contribution in [0.15, 0.2) is 77.8 Å². The Balaban J connectivity index is 1.58. The van der Waals surface area contributed by atoms with Gasteiger partial charge in [0.1, 0.15) is 5.82 Å². The zero-order valence-corrected chi connectivity index (χ0v) is 14.1. The van der Waals surface area contributed by atoms with E-state index in [2.05, 4.69) is 15.0 Å². The molecule has 0 saturated heterocycles. The number of nitrogens with zero attached hydrogens (tertiary/aromatic N) is 1. The van der Waals surface area contributed by atoms with Crippen molar-refractivity contribution in [3.8, 4) is 0 Å². The van der Waals surface area contributed by atoms with E-state index in [4.69, 9.17) is 11.6 Å². The van der Waals surface area contributed by atoms with Gasteiger partial charge in [0.05, 0.1) is 0 Å². The van der Waals surface area contributed by atoms with E-state index in [1.54, 1.807) is 30.5 Å². The van der Waals surface area contributed by atoms with Gasteiger partial charge in [-0.15, -0.1) is 0 Å². The first kappa shape index (κ1) is 16.4. The topological polar surface area (TPSA) is 54.0 Å². The van der Waals surface area contributed by atoms with Gasteiger partial charge in [-0.2, -0.15) is 0 Å². The zero-order chi connectivity index (χ0) is 16.8. The first-order chi connectivity index (χ1) is 11.7. The molecule has 2 N–H and O–H groups in total. The number of amides is 1. The van der Waals surface area contributed by atoms with Gasteiger partial charge in [-0.05, 0) is 72.6 Å². The molecule has 24 heavy (non-hydrogen) atoms. The Morgan fingerprint density at radius 3 is 2.38 bits per heavy atom. The number of pyridine rings is 1. The van der Waals surface area contributed by atoms with E-state index in [1.165, 1.54) is 11.9 Å². The van der Waals surface area contributed by atoms with Crippen molar-refractivity contribution in [1.29, 1.82) is 0 Å². The number of carbonyl (C=O) groups is 1. The lowest BCUT2D eigenvalue weighted by atomic mass is 10.2. The van der Waals surface area contributed by atoms with E-state index in [1.807, 2.05) is 42.5 Å². The van der Waals surface area contributed by atoms with Crippen molar-refractivity contribution in [2.75, 3.05) is 10.0 Å². The number of nitrogens with one attached hydrogen (secondary N) is 2. The van der Waals surface area contributed by atoms with Gasteiger partial charge >= 0.3 is 0 Å². The molecule has 0 fully saturated rings. The van der Waals surface area contributed by atoms with E-state index >= 15 is 0 Å². The van der Waals surface area contributed by atoms with Crippen molar-refractivity contribution >= 4 is 41.0 Å². The van der Waals surface area contributed by atoms with Gasteiger partial charge < -0.3 is 10.0 Å². The van der Waals surface area contributed by atoms with Crippen molar-refractivity contribution in [3.05, 3.63) is 83.5 Å². The molecule has 0 atom stereocenters. The molecule has 0 spiro atoms. The largest absolute Gasteiger partial charge is 0.322 e. The highest BCUT2D eigenvalue weighted by Gasteiger charge is 2.06. The van der Waals surface area contributed by atoms with Crippen LogP contribution in [0, 0.1) is 0 Å². The van der Waals surface area contributed by atoms with Gasteiger partial charge in [0.15, 0.2) is 0 Å². The third-order valence-electron chi connectivity index (χ3n) is 3.16. The second-order valence-electron chi connectivity index (χ2n) is 4.90. The Labute approximate surface area is 149 Å². The van der Waals surface area contributed by atoms with E-state index in [-0.39, 0.29) is 5.91 Å². The minimum atomic E-state index is -0.168. The molecule has 4 nitrogen and oxygen atoms in total. The maximum atomic E-state index is 12.1. The summed E-state index contributed by atoms with van der Waals surface area (Å²) in [7, 11) is 0. The number of hydrogen-bond acceptors (Lipinski definition) is 4. The maximum absolute atomic E-state index is 12.1. The van der Waals surface area contributed by atoms with Gasteiger partial charge in [-0.1, -0.05) is 17.7 Å². The normalized spacial score (nSPS) is 10.2. The Bertz CT molecular complexity index is 808. The van der Waals surface area contributed by atoms with Crippen molar-refractivity contribution in [2.45, 2.75) is 4.90 Å². The average Bonchev–Trinajstić information content (AvgIpc) is 2.62. The smallest absolute Gasteiger partial charge is 0.255 e. The molecular weight excluding hydrogens is 342 g/mol. The highest BCUT2D eigenvalue weighted by atomic mass is 35.5. The number of carbonyl (C=O) groups excluding carboxylic acids is 1. The van der Waals surface area contributed by atoms with Crippen LogP contribution in [0.1, 0.15) is 10.4 Å². The van der Waals surface area contributed by atoms with Crippen LogP contribution in [0.25, 0.3) is 0 Å². The Hall–Kier alpha value is -2.50. The number of benzene rings is 2. The maximum Gasteiger partial charge on any atom is 0.255 e. The number of rotatable bonds is 5. The van der Waals surface area contributed by atoms with E-state index in [9.17, 15) is 4.79 Å². The summed E-state index contributed by atoms with van der Waals surface area (Å²) in [6.07, 6.45) is 1.73. The summed E-state index contributed by atoms with van der Waals surface area (Å²) in [4.78, 5) is 17.4. The Morgan fingerprint density at radius 2 is 1.71 bits per heavy atom. The molecule has 6 heteroatoms. The molecule has 1 aromatic heterocycles. The highest BCUT2D eigenvalue weighted by molar-refractivity contribution is 8.00. The van der Waals surface area contributed by atoms with Crippen LogP contribution in [0.5, 0.6) is 0 Å².